The van der Waals surface area contributed by atoms with Crippen molar-refractivity contribution in [1.82, 2.24) is 14.8 Å². The number of benzene rings is 1. The normalized spacial score (nSPS) is 10.8. The standard InChI is InChI=1S/C18H15F2N3O3S2/c1-2-23-17(15-4-3-7-27-15)21-22-18(23)28-10-16(25)26-9-14(24)12-8-11(19)5-6-13(12)20/h3-8H,2,9-10H2,1H3. The molecule has 0 aliphatic carbocycles. The number of ketones is 1. The summed E-state index contributed by atoms with van der Waals surface area (Å²) in [7, 11) is 0. The van der Waals surface area contributed by atoms with Gasteiger partial charge >= 0.3 is 5.97 Å². The van der Waals surface area contributed by atoms with E-state index in [1.54, 1.807) is 0 Å². The van der Waals surface area contributed by atoms with E-state index in [2.05, 4.69) is 10.2 Å². The van der Waals surface area contributed by atoms with E-state index < -0.39 is 35.6 Å². The minimum absolute atomic E-state index is 0.0957. The van der Waals surface area contributed by atoms with Gasteiger partial charge in [0.2, 0.25) is 5.78 Å². The van der Waals surface area contributed by atoms with E-state index in [4.69, 9.17) is 4.74 Å². The second-order valence-electron chi connectivity index (χ2n) is 5.52. The van der Waals surface area contributed by atoms with Crippen molar-refractivity contribution in [2.45, 2.75) is 18.6 Å². The predicted octanol–water partition coefficient (Wildman–Crippen LogP) is 3.82. The summed E-state index contributed by atoms with van der Waals surface area (Å²) in [5.74, 6) is -2.47. The summed E-state index contributed by atoms with van der Waals surface area (Å²) in [4.78, 5) is 24.8. The first-order valence-electron chi connectivity index (χ1n) is 8.23. The Kier molecular flexibility index (Phi) is 6.53. The van der Waals surface area contributed by atoms with Crippen LogP contribution in [0.1, 0.15) is 17.3 Å². The highest BCUT2D eigenvalue weighted by atomic mass is 32.2. The zero-order chi connectivity index (χ0) is 20.1. The molecule has 0 amide bonds. The molecule has 146 valence electrons. The molecule has 0 saturated carbocycles. The summed E-state index contributed by atoms with van der Waals surface area (Å²) < 4.78 is 33.5. The lowest BCUT2D eigenvalue weighted by molar-refractivity contribution is -0.139. The predicted molar refractivity (Wildman–Crippen MR) is 101 cm³/mol. The lowest BCUT2D eigenvalue weighted by Gasteiger charge is -2.07. The number of ether oxygens (including phenoxy) is 1. The SMILES string of the molecule is CCn1c(SCC(=O)OCC(=O)c2cc(F)ccc2F)nnc1-c1cccs1. The van der Waals surface area contributed by atoms with Gasteiger partial charge in [-0.2, -0.15) is 0 Å². The van der Waals surface area contributed by atoms with Crippen molar-refractivity contribution < 1.29 is 23.1 Å². The maximum absolute atomic E-state index is 13.6. The number of nitrogens with zero attached hydrogens (tertiary/aromatic N) is 3. The van der Waals surface area contributed by atoms with E-state index in [9.17, 15) is 18.4 Å². The number of carbonyl (C=O) groups is 2. The van der Waals surface area contributed by atoms with Crippen LogP contribution in [0, 0.1) is 11.6 Å². The number of hydrogen-bond acceptors (Lipinski definition) is 7. The van der Waals surface area contributed by atoms with Crippen molar-refractivity contribution in [2.24, 2.45) is 0 Å². The van der Waals surface area contributed by atoms with E-state index in [1.165, 1.54) is 11.3 Å². The molecule has 2 aromatic heterocycles. The molecule has 6 nitrogen and oxygen atoms in total. The van der Waals surface area contributed by atoms with Gasteiger partial charge in [0.25, 0.3) is 0 Å². The van der Waals surface area contributed by atoms with E-state index in [0.29, 0.717) is 17.5 Å². The Labute approximate surface area is 167 Å². The van der Waals surface area contributed by atoms with Crippen LogP contribution >= 0.6 is 23.1 Å². The highest BCUT2D eigenvalue weighted by molar-refractivity contribution is 7.99. The number of Topliss-reactive ketones (excluding diaryl/α,β-unsaturated/α-hetero) is 1. The summed E-state index contributed by atoms with van der Waals surface area (Å²) in [5.41, 5.74) is -0.452. The van der Waals surface area contributed by atoms with Gasteiger partial charge in [-0.1, -0.05) is 17.8 Å². The van der Waals surface area contributed by atoms with Gasteiger partial charge in [0, 0.05) is 6.54 Å². The van der Waals surface area contributed by atoms with E-state index in [-0.39, 0.29) is 5.75 Å². The van der Waals surface area contributed by atoms with Crippen molar-refractivity contribution in [3.63, 3.8) is 0 Å². The highest BCUT2D eigenvalue weighted by Crippen LogP contribution is 2.27. The fraction of sp³-hybridized carbons (Fsp3) is 0.222. The number of aromatic nitrogens is 3. The molecule has 0 N–H and O–H groups in total. The molecule has 3 aromatic rings. The van der Waals surface area contributed by atoms with Crippen LogP contribution in [0.4, 0.5) is 8.78 Å². The zero-order valence-electron chi connectivity index (χ0n) is 14.7. The fourth-order valence-electron chi connectivity index (χ4n) is 2.37. The van der Waals surface area contributed by atoms with E-state index in [0.717, 1.165) is 34.8 Å². The van der Waals surface area contributed by atoms with Gasteiger partial charge in [-0.25, -0.2) is 8.78 Å². The Bertz CT molecular complexity index is 990. The molecule has 3 rings (SSSR count). The number of thiophene rings is 1. The van der Waals surface area contributed by atoms with Crippen molar-refractivity contribution in [3.05, 3.63) is 52.9 Å². The Hall–Kier alpha value is -2.59. The third-order valence-electron chi connectivity index (χ3n) is 3.69. The molecule has 0 unspecified atom stereocenters. The zero-order valence-corrected chi connectivity index (χ0v) is 16.4. The van der Waals surface area contributed by atoms with Crippen LogP contribution in [0.15, 0.2) is 40.9 Å². The van der Waals surface area contributed by atoms with Gasteiger partial charge in [0.15, 0.2) is 17.6 Å². The second kappa shape index (κ2) is 9.07. The molecule has 1 aromatic carbocycles. The lowest BCUT2D eigenvalue weighted by atomic mass is 10.1. The molecule has 2 heterocycles. The van der Waals surface area contributed by atoms with Crippen LogP contribution in [0.2, 0.25) is 0 Å². The molecule has 10 heteroatoms. The second-order valence-corrected chi connectivity index (χ2v) is 7.41. The summed E-state index contributed by atoms with van der Waals surface area (Å²) in [5, 5.41) is 10.7. The molecule has 0 saturated heterocycles. The number of hydrogen-bond donors (Lipinski definition) is 0. The Balaban J connectivity index is 1.56. The summed E-state index contributed by atoms with van der Waals surface area (Å²) in [6, 6.07) is 6.38. The van der Waals surface area contributed by atoms with Crippen molar-refractivity contribution >= 4 is 34.9 Å². The van der Waals surface area contributed by atoms with Gasteiger partial charge < -0.3 is 9.30 Å². The summed E-state index contributed by atoms with van der Waals surface area (Å²) >= 11 is 2.66. The van der Waals surface area contributed by atoms with Gasteiger partial charge in [0.1, 0.15) is 11.6 Å². The van der Waals surface area contributed by atoms with Crippen LogP contribution in [0.25, 0.3) is 10.7 Å². The van der Waals surface area contributed by atoms with Gasteiger partial charge in [-0.3, -0.25) is 9.59 Å². The molecule has 0 fully saturated rings. The average Bonchev–Trinajstić information content (AvgIpc) is 3.35. The molecule has 0 radical (unpaired) electrons. The molecular formula is C18H15F2N3O3S2. The van der Waals surface area contributed by atoms with Crippen LogP contribution in [-0.4, -0.2) is 38.9 Å². The highest BCUT2D eigenvalue weighted by Gasteiger charge is 2.18. The Morgan fingerprint density at radius 1 is 1.25 bits per heavy atom. The average molecular weight is 423 g/mol. The number of halogens is 2. The van der Waals surface area contributed by atoms with Crippen molar-refractivity contribution in [1.29, 1.82) is 0 Å². The van der Waals surface area contributed by atoms with Gasteiger partial charge in [-0.15, -0.1) is 21.5 Å². The van der Waals surface area contributed by atoms with E-state index in [1.807, 2.05) is 29.0 Å². The topological polar surface area (TPSA) is 74.1 Å². The molecule has 0 aliphatic heterocycles. The first-order valence-corrected chi connectivity index (χ1v) is 10.1. The fourth-order valence-corrected chi connectivity index (χ4v) is 3.89. The third-order valence-corrected chi connectivity index (χ3v) is 5.49. The summed E-state index contributed by atoms with van der Waals surface area (Å²) in [6.45, 7) is 1.89. The number of rotatable bonds is 8. The lowest BCUT2D eigenvalue weighted by Crippen LogP contribution is -2.17. The number of thioether (sulfide) groups is 1. The summed E-state index contributed by atoms with van der Waals surface area (Å²) in [6.07, 6.45) is 0. The monoisotopic (exact) mass is 423 g/mol. The quantitative estimate of drug-likeness (QED) is 0.312. The van der Waals surface area contributed by atoms with Gasteiger partial charge in [0.05, 0.1) is 16.2 Å². The van der Waals surface area contributed by atoms with Gasteiger partial charge in [-0.05, 0) is 36.6 Å². The van der Waals surface area contributed by atoms with Crippen LogP contribution in [0.3, 0.4) is 0 Å². The third kappa shape index (κ3) is 4.63. The minimum atomic E-state index is -0.867. The molecule has 0 aliphatic rings. The Morgan fingerprint density at radius 2 is 2.07 bits per heavy atom. The minimum Gasteiger partial charge on any atom is -0.457 e. The first-order chi connectivity index (χ1) is 13.5. The number of carbonyl (C=O) groups excluding carboxylic acids is 2. The van der Waals surface area contributed by atoms with Crippen LogP contribution < -0.4 is 0 Å². The largest absolute Gasteiger partial charge is 0.457 e. The van der Waals surface area contributed by atoms with Crippen molar-refractivity contribution in [2.75, 3.05) is 12.4 Å². The maximum atomic E-state index is 13.6. The first kappa shape index (κ1) is 20.2. The maximum Gasteiger partial charge on any atom is 0.316 e. The molecule has 0 bridgehead atoms. The molecule has 0 atom stereocenters. The Morgan fingerprint density at radius 3 is 2.79 bits per heavy atom. The van der Waals surface area contributed by atoms with Crippen LogP contribution in [0.5, 0.6) is 0 Å². The van der Waals surface area contributed by atoms with Crippen LogP contribution in [-0.2, 0) is 16.1 Å². The van der Waals surface area contributed by atoms with Crippen molar-refractivity contribution in [3.8, 4) is 10.7 Å². The van der Waals surface area contributed by atoms with E-state index >= 15 is 0 Å². The number of esters is 1. The molecule has 0 spiro atoms. The molecule has 28 heavy (non-hydrogen) atoms. The smallest absolute Gasteiger partial charge is 0.316 e. The molecular weight excluding hydrogens is 408 g/mol.